The lowest BCUT2D eigenvalue weighted by Gasteiger charge is -2.18. The highest BCUT2D eigenvalue weighted by molar-refractivity contribution is 6.11. The fourth-order valence-electron chi connectivity index (χ4n) is 5.83. The van der Waals surface area contributed by atoms with Crippen LogP contribution in [0.3, 0.4) is 0 Å². The van der Waals surface area contributed by atoms with Crippen molar-refractivity contribution in [2.75, 3.05) is 0 Å². The van der Waals surface area contributed by atoms with E-state index < -0.39 is 0 Å². The third-order valence-corrected chi connectivity index (χ3v) is 7.86. The Morgan fingerprint density at radius 1 is 0.409 bits per heavy atom. The van der Waals surface area contributed by atoms with Gasteiger partial charge >= 0.3 is 0 Å². The summed E-state index contributed by atoms with van der Waals surface area (Å²) in [5, 5.41) is 13.5. The minimum absolute atomic E-state index is 0.134. The van der Waals surface area contributed by atoms with E-state index in [1.165, 1.54) is 0 Å². The Kier molecular flexibility index (Phi) is 6.20. The molecule has 2 heterocycles. The molecule has 0 bridgehead atoms. The molecule has 5 heteroatoms. The van der Waals surface area contributed by atoms with Crippen LogP contribution in [0, 0.1) is 0 Å². The van der Waals surface area contributed by atoms with E-state index in [0.717, 1.165) is 49.8 Å². The maximum absolute atomic E-state index is 11.5. The summed E-state index contributed by atoms with van der Waals surface area (Å²) in [5.74, 6) is 1.68. The van der Waals surface area contributed by atoms with Crippen molar-refractivity contribution in [2.45, 2.75) is 0 Å². The second-order valence-electron chi connectivity index (χ2n) is 10.6. The average molecular weight is 568 g/mol. The van der Waals surface area contributed by atoms with Crippen molar-refractivity contribution in [1.82, 2.24) is 15.0 Å². The molecular formula is C39H25N3O2. The molecule has 0 aliphatic rings. The van der Waals surface area contributed by atoms with Gasteiger partial charge in [-0.3, -0.25) is 0 Å². The summed E-state index contributed by atoms with van der Waals surface area (Å²) in [6, 6.07) is 47.5. The van der Waals surface area contributed by atoms with E-state index in [2.05, 4.69) is 12.1 Å². The number of phenols is 1. The number of hydrogen-bond acceptors (Lipinski definition) is 5. The maximum atomic E-state index is 11.5. The molecule has 0 saturated heterocycles. The number of benzene rings is 6. The summed E-state index contributed by atoms with van der Waals surface area (Å²) in [6.45, 7) is 0. The van der Waals surface area contributed by atoms with Crippen molar-refractivity contribution in [3.8, 4) is 62.2 Å². The normalized spacial score (nSPS) is 11.3. The van der Waals surface area contributed by atoms with Gasteiger partial charge in [0.15, 0.2) is 17.5 Å². The molecule has 0 unspecified atom stereocenters. The minimum atomic E-state index is 0.134. The third kappa shape index (κ3) is 4.39. The SMILES string of the molecule is Oc1ccc(-c2cccc3c2oc2ccccc23)c(-c2nc(-c3ccccc3)nc(-c3ccccc3)n2)c1-c1ccccc1. The number of rotatable bonds is 5. The van der Waals surface area contributed by atoms with Gasteiger partial charge in [0.05, 0.1) is 0 Å². The zero-order valence-corrected chi connectivity index (χ0v) is 23.6. The zero-order valence-electron chi connectivity index (χ0n) is 23.6. The summed E-state index contributed by atoms with van der Waals surface area (Å²) < 4.78 is 6.48. The molecular weight excluding hydrogens is 542 g/mol. The largest absolute Gasteiger partial charge is 0.507 e. The molecule has 0 aliphatic carbocycles. The van der Waals surface area contributed by atoms with E-state index in [1.807, 2.05) is 127 Å². The number of aromatic nitrogens is 3. The number of para-hydroxylation sites is 2. The van der Waals surface area contributed by atoms with Crippen LogP contribution < -0.4 is 0 Å². The van der Waals surface area contributed by atoms with Gasteiger partial charge in [0.2, 0.25) is 0 Å². The Balaban J connectivity index is 1.49. The van der Waals surface area contributed by atoms with Gasteiger partial charge in [0, 0.05) is 38.6 Å². The van der Waals surface area contributed by atoms with Crippen molar-refractivity contribution < 1.29 is 9.52 Å². The van der Waals surface area contributed by atoms with Crippen molar-refractivity contribution in [1.29, 1.82) is 0 Å². The highest BCUT2D eigenvalue weighted by atomic mass is 16.3. The number of phenolic OH excluding ortho intramolecular Hbond substituents is 1. The van der Waals surface area contributed by atoms with Crippen molar-refractivity contribution in [2.24, 2.45) is 0 Å². The number of nitrogens with zero attached hydrogens (tertiary/aromatic N) is 3. The van der Waals surface area contributed by atoms with Gasteiger partial charge in [-0.2, -0.15) is 0 Å². The minimum Gasteiger partial charge on any atom is -0.507 e. The van der Waals surface area contributed by atoms with Gasteiger partial charge in [-0.05, 0) is 29.3 Å². The fraction of sp³-hybridized carbons (Fsp3) is 0. The lowest BCUT2D eigenvalue weighted by molar-refractivity contribution is 0.477. The molecule has 208 valence electrons. The summed E-state index contributed by atoms with van der Waals surface area (Å²) >= 11 is 0. The lowest BCUT2D eigenvalue weighted by atomic mass is 9.89. The standard InChI is InChI=1S/C39H25N3O2/c43-32-24-23-29(31-21-12-20-30-28-19-10-11-22-33(28)44-36(30)31)35(34(32)25-13-4-1-5-14-25)39-41-37(26-15-6-2-7-16-26)40-38(42-39)27-17-8-3-9-18-27/h1-24,43H. The second kappa shape index (κ2) is 10.6. The predicted molar refractivity (Wildman–Crippen MR) is 176 cm³/mol. The van der Waals surface area contributed by atoms with Gasteiger partial charge in [0.25, 0.3) is 0 Å². The van der Waals surface area contributed by atoms with Crippen LogP contribution in [0.1, 0.15) is 0 Å². The second-order valence-corrected chi connectivity index (χ2v) is 10.6. The van der Waals surface area contributed by atoms with Crippen LogP contribution in [0.15, 0.2) is 150 Å². The van der Waals surface area contributed by atoms with E-state index in [4.69, 9.17) is 19.4 Å². The summed E-state index contributed by atoms with van der Waals surface area (Å²) in [7, 11) is 0. The van der Waals surface area contributed by atoms with Gasteiger partial charge in [-0.1, -0.05) is 127 Å². The first-order chi connectivity index (χ1) is 21.7. The summed E-state index contributed by atoms with van der Waals surface area (Å²) in [6.07, 6.45) is 0. The first kappa shape index (κ1) is 25.6. The Morgan fingerprint density at radius 3 is 1.61 bits per heavy atom. The molecule has 44 heavy (non-hydrogen) atoms. The molecule has 0 atom stereocenters. The number of hydrogen-bond donors (Lipinski definition) is 1. The molecule has 0 radical (unpaired) electrons. The monoisotopic (exact) mass is 567 g/mol. The first-order valence-electron chi connectivity index (χ1n) is 14.4. The zero-order chi connectivity index (χ0) is 29.5. The summed E-state index contributed by atoms with van der Waals surface area (Å²) in [5.41, 5.74) is 7.23. The van der Waals surface area contributed by atoms with Crippen molar-refractivity contribution in [3.05, 3.63) is 146 Å². The Bertz CT molecular complexity index is 2220. The molecule has 5 nitrogen and oxygen atoms in total. The van der Waals surface area contributed by atoms with E-state index in [9.17, 15) is 5.11 Å². The third-order valence-electron chi connectivity index (χ3n) is 7.86. The van der Waals surface area contributed by atoms with Gasteiger partial charge in [-0.25, -0.2) is 15.0 Å². The molecule has 8 rings (SSSR count). The Labute approximate surface area is 253 Å². The van der Waals surface area contributed by atoms with E-state index in [0.29, 0.717) is 28.6 Å². The van der Waals surface area contributed by atoms with Crippen LogP contribution in [0.5, 0.6) is 5.75 Å². The number of fused-ring (bicyclic) bond motifs is 3. The van der Waals surface area contributed by atoms with E-state index >= 15 is 0 Å². The number of aromatic hydroxyl groups is 1. The average Bonchev–Trinajstić information content (AvgIpc) is 3.48. The van der Waals surface area contributed by atoms with Crippen LogP contribution in [-0.4, -0.2) is 20.1 Å². The van der Waals surface area contributed by atoms with Crippen LogP contribution in [0.25, 0.3) is 78.4 Å². The molecule has 8 aromatic rings. The van der Waals surface area contributed by atoms with Crippen LogP contribution in [0.2, 0.25) is 0 Å². The smallest absolute Gasteiger partial charge is 0.165 e. The highest BCUT2D eigenvalue weighted by Gasteiger charge is 2.24. The highest BCUT2D eigenvalue weighted by Crippen LogP contribution is 2.46. The van der Waals surface area contributed by atoms with Gasteiger partial charge < -0.3 is 9.52 Å². The maximum Gasteiger partial charge on any atom is 0.165 e. The molecule has 6 aromatic carbocycles. The van der Waals surface area contributed by atoms with E-state index in [1.54, 1.807) is 6.07 Å². The Hall–Kier alpha value is -6.07. The first-order valence-corrected chi connectivity index (χ1v) is 14.4. The van der Waals surface area contributed by atoms with Crippen LogP contribution >= 0.6 is 0 Å². The van der Waals surface area contributed by atoms with Crippen LogP contribution in [-0.2, 0) is 0 Å². The molecule has 0 saturated carbocycles. The predicted octanol–water partition coefficient (Wildman–Crippen LogP) is 9.81. The fourth-order valence-corrected chi connectivity index (χ4v) is 5.83. The molecule has 0 spiro atoms. The van der Waals surface area contributed by atoms with Gasteiger partial charge in [0.1, 0.15) is 16.9 Å². The molecule has 2 aromatic heterocycles. The van der Waals surface area contributed by atoms with Crippen molar-refractivity contribution >= 4 is 21.9 Å². The van der Waals surface area contributed by atoms with Crippen LogP contribution in [0.4, 0.5) is 0 Å². The topological polar surface area (TPSA) is 72.0 Å². The molecule has 0 fully saturated rings. The Morgan fingerprint density at radius 2 is 0.955 bits per heavy atom. The summed E-state index contributed by atoms with van der Waals surface area (Å²) in [4.78, 5) is 15.0. The molecule has 0 aliphatic heterocycles. The molecule has 0 amide bonds. The van der Waals surface area contributed by atoms with E-state index in [-0.39, 0.29) is 5.75 Å². The quantitative estimate of drug-likeness (QED) is 0.224. The van der Waals surface area contributed by atoms with Gasteiger partial charge in [-0.15, -0.1) is 0 Å². The van der Waals surface area contributed by atoms with Crippen molar-refractivity contribution in [3.63, 3.8) is 0 Å². The lowest BCUT2D eigenvalue weighted by Crippen LogP contribution is -2.02. The number of furan rings is 1. The molecule has 1 N–H and O–H groups in total.